The molecule has 2 rings (SSSR count). The Balaban J connectivity index is 0.00000264. The van der Waals surface area contributed by atoms with E-state index in [1.807, 2.05) is 0 Å². The van der Waals surface area contributed by atoms with Gasteiger partial charge >= 0.3 is 0 Å². The molecule has 9 heteroatoms. The minimum Gasteiger partial charge on any atom is -0.493 e. The Labute approximate surface area is 140 Å². The summed E-state index contributed by atoms with van der Waals surface area (Å²) in [6.07, 6.45) is 4.56. The number of hydrogen-bond donors (Lipinski definition) is 1. The molecule has 0 radical (unpaired) electrons. The summed E-state index contributed by atoms with van der Waals surface area (Å²) in [5.41, 5.74) is 0.727. The summed E-state index contributed by atoms with van der Waals surface area (Å²) in [6.45, 7) is 0. The standard InChI is InChI=1S/C14H15N3O4S.ClH/c1-20-13-4-3-12(9-14(13)21-2)22(18,19)17-16-10-11-5-7-15-8-6-11;/h3-10,17H,1-2H3;1H/b16-10+;. The van der Waals surface area contributed by atoms with Gasteiger partial charge in [-0.1, -0.05) is 0 Å². The van der Waals surface area contributed by atoms with Crippen LogP contribution in [-0.2, 0) is 10.0 Å². The molecule has 23 heavy (non-hydrogen) atoms. The van der Waals surface area contributed by atoms with Gasteiger partial charge in [0.15, 0.2) is 11.5 Å². The van der Waals surface area contributed by atoms with Crippen LogP contribution in [0.5, 0.6) is 11.5 Å². The van der Waals surface area contributed by atoms with E-state index in [0.29, 0.717) is 11.5 Å². The van der Waals surface area contributed by atoms with Crippen molar-refractivity contribution in [3.8, 4) is 11.5 Å². The van der Waals surface area contributed by atoms with Crippen LogP contribution in [0, 0.1) is 0 Å². The van der Waals surface area contributed by atoms with Gasteiger partial charge < -0.3 is 9.47 Å². The van der Waals surface area contributed by atoms with Crippen molar-refractivity contribution in [1.29, 1.82) is 0 Å². The molecule has 124 valence electrons. The molecule has 2 aromatic rings. The molecule has 0 fully saturated rings. The van der Waals surface area contributed by atoms with Crippen molar-refractivity contribution in [2.45, 2.75) is 4.90 Å². The van der Waals surface area contributed by atoms with Crippen LogP contribution in [0.1, 0.15) is 5.56 Å². The highest BCUT2D eigenvalue weighted by Gasteiger charge is 2.16. The zero-order valence-corrected chi connectivity index (χ0v) is 14.1. The molecule has 0 saturated heterocycles. The van der Waals surface area contributed by atoms with Crippen LogP contribution in [0.4, 0.5) is 0 Å². The monoisotopic (exact) mass is 357 g/mol. The predicted molar refractivity (Wildman–Crippen MR) is 88.9 cm³/mol. The number of hydrogen-bond acceptors (Lipinski definition) is 6. The van der Waals surface area contributed by atoms with E-state index in [-0.39, 0.29) is 17.3 Å². The van der Waals surface area contributed by atoms with Gasteiger partial charge in [-0.05, 0) is 29.8 Å². The topological polar surface area (TPSA) is 89.9 Å². The maximum atomic E-state index is 12.2. The second-order valence-corrected chi connectivity index (χ2v) is 5.81. The molecule has 0 atom stereocenters. The minimum absolute atomic E-state index is 0. The number of methoxy groups -OCH3 is 2. The first kappa shape index (κ1) is 18.7. The zero-order valence-electron chi connectivity index (χ0n) is 12.5. The number of benzene rings is 1. The highest BCUT2D eigenvalue weighted by molar-refractivity contribution is 7.89. The van der Waals surface area contributed by atoms with E-state index < -0.39 is 10.0 Å². The van der Waals surface area contributed by atoms with Gasteiger partial charge in [-0.3, -0.25) is 4.98 Å². The van der Waals surface area contributed by atoms with Gasteiger partial charge in [0, 0.05) is 18.5 Å². The fourth-order valence-electron chi connectivity index (χ4n) is 1.66. The van der Waals surface area contributed by atoms with E-state index in [2.05, 4.69) is 14.9 Å². The zero-order chi connectivity index (χ0) is 16.0. The van der Waals surface area contributed by atoms with Crippen molar-refractivity contribution in [3.05, 3.63) is 48.3 Å². The van der Waals surface area contributed by atoms with Crippen LogP contribution in [0.3, 0.4) is 0 Å². The second kappa shape index (κ2) is 8.35. The first-order chi connectivity index (χ1) is 10.6. The third-order valence-corrected chi connectivity index (χ3v) is 3.98. The van der Waals surface area contributed by atoms with Crippen LogP contribution in [-0.4, -0.2) is 33.8 Å². The normalized spacial score (nSPS) is 10.9. The van der Waals surface area contributed by atoms with Gasteiger partial charge in [0.2, 0.25) is 0 Å². The Kier molecular flexibility index (Phi) is 6.80. The lowest BCUT2D eigenvalue weighted by Crippen LogP contribution is -2.18. The Morgan fingerprint density at radius 3 is 2.35 bits per heavy atom. The number of hydrazone groups is 1. The minimum atomic E-state index is -3.79. The molecule has 0 spiro atoms. The van der Waals surface area contributed by atoms with Crippen molar-refractivity contribution >= 4 is 28.6 Å². The van der Waals surface area contributed by atoms with Crippen LogP contribution in [0.15, 0.2) is 52.7 Å². The first-order valence-electron chi connectivity index (χ1n) is 6.24. The summed E-state index contributed by atoms with van der Waals surface area (Å²) >= 11 is 0. The van der Waals surface area contributed by atoms with E-state index in [1.165, 1.54) is 38.6 Å². The molecule has 1 N–H and O–H groups in total. The van der Waals surface area contributed by atoms with E-state index in [0.717, 1.165) is 5.56 Å². The largest absolute Gasteiger partial charge is 0.493 e. The molecule has 0 aliphatic heterocycles. The molecule has 7 nitrogen and oxygen atoms in total. The summed E-state index contributed by atoms with van der Waals surface area (Å²) < 4.78 is 34.5. The first-order valence-corrected chi connectivity index (χ1v) is 7.72. The number of pyridine rings is 1. The summed E-state index contributed by atoms with van der Waals surface area (Å²) in [7, 11) is -0.878. The Bertz CT molecular complexity index is 767. The third kappa shape index (κ3) is 4.83. The fraction of sp³-hybridized carbons (Fsp3) is 0.143. The van der Waals surface area contributed by atoms with Crippen molar-refractivity contribution in [2.75, 3.05) is 14.2 Å². The smallest absolute Gasteiger partial charge is 0.276 e. The summed E-state index contributed by atoms with van der Waals surface area (Å²) in [4.78, 5) is 6.02. The van der Waals surface area contributed by atoms with Crippen molar-refractivity contribution in [1.82, 2.24) is 9.82 Å². The summed E-state index contributed by atoms with van der Waals surface area (Å²) in [5, 5.41) is 3.72. The van der Waals surface area contributed by atoms with E-state index in [9.17, 15) is 8.42 Å². The Morgan fingerprint density at radius 2 is 1.74 bits per heavy atom. The van der Waals surface area contributed by atoms with Crippen molar-refractivity contribution in [3.63, 3.8) is 0 Å². The Morgan fingerprint density at radius 1 is 1.09 bits per heavy atom. The number of halogens is 1. The Hall–Kier alpha value is -2.32. The molecule has 0 bridgehead atoms. The second-order valence-electron chi connectivity index (χ2n) is 4.15. The highest BCUT2D eigenvalue weighted by atomic mass is 35.5. The predicted octanol–water partition coefficient (Wildman–Crippen LogP) is 1.83. The van der Waals surface area contributed by atoms with E-state index in [4.69, 9.17) is 9.47 Å². The average Bonchev–Trinajstić information content (AvgIpc) is 2.55. The maximum absolute atomic E-state index is 12.2. The van der Waals surface area contributed by atoms with Gasteiger partial charge in [0.1, 0.15) is 0 Å². The summed E-state index contributed by atoms with van der Waals surface area (Å²) in [5.74, 6) is 0.769. The number of ether oxygens (including phenoxy) is 2. The van der Waals surface area contributed by atoms with Gasteiger partial charge in [0.05, 0.1) is 25.3 Å². The SMILES string of the molecule is COc1ccc(S(=O)(=O)N/N=C/c2ccncc2)cc1OC.Cl. The quantitative estimate of drug-likeness (QED) is 0.629. The number of sulfonamides is 1. The van der Waals surface area contributed by atoms with Crippen LogP contribution in [0.2, 0.25) is 0 Å². The molecule has 0 saturated carbocycles. The lowest BCUT2D eigenvalue weighted by molar-refractivity contribution is 0.354. The highest BCUT2D eigenvalue weighted by Crippen LogP contribution is 2.29. The molecule has 0 aliphatic carbocycles. The van der Waals surface area contributed by atoms with Gasteiger partial charge in [-0.25, -0.2) is 4.83 Å². The van der Waals surface area contributed by atoms with Crippen LogP contribution >= 0.6 is 12.4 Å². The number of rotatable bonds is 6. The maximum Gasteiger partial charge on any atom is 0.276 e. The number of nitrogens with zero attached hydrogens (tertiary/aromatic N) is 2. The molecule has 1 aromatic carbocycles. The fourth-order valence-corrected chi connectivity index (χ4v) is 2.46. The molecule has 1 heterocycles. The van der Waals surface area contributed by atoms with Crippen molar-refractivity contribution < 1.29 is 17.9 Å². The molecular weight excluding hydrogens is 342 g/mol. The van der Waals surface area contributed by atoms with Crippen molar-refractivity contribution in [2.24, 2.45) is 5.10 Å². The van der Waals surface area contributed by atoms with Gasteiger partial charge in [-0.15, -0.1) is 12.4 Å². The molecule has 1 aromatic heterocycles. The molecule has 0 unspecified atom stereocenters. The lowest BCUT2D eigenvalue weighted by atomic mass is 10.3. The summed E-state index contributed by atoms with van der Waals surface area (Å²) in [6, 6.07) is 7.69. The van der Waals surface area contributed by atoms with Gasteiger partial charge in [0.25, 0.3) is 10.0 Å². The third-order valence-electron chi connectivity index (χ3n) is 2.76. The number of nitrogens with one attached hydrogen (secondary N) is 1. The number of aromatic nitrogens is 1. The average molecular weight is 358 g/mol. The lowest BCUT2D eigenvalue weighted by Gasteiger charge is -2.09. The molecular formula is C14H16ClN3O4S. The van der Waals surface area contributed by atoms with E-state index in [1.54, 1.807) is 24.5 Å². The molecule has 0 aliphatic rings. The molecule has 0 amide bonds. The van der Waals surface area contributed by atoms with Gasteiger partial charge in [-0.2, -0.15) is 13.5 Å². The van der Waals surface area contributed by atoms with E-state index >= 15 is 0 Å². The van der Waals surface area contributed by atoms with Crippen LogP contribution < -0.4 is 14.3 Å². The van der Waals surface area contributed by atoms with Crippen LogP contribution in [0.25, 0.3) is 0 Å².